The van der Waals surface area contributed by atoms with Crippen LogP contribution in [0, 0.1) is 71.0 Å². The molecule has 1 unspecified atom stereocenters. The minimum atomic E-state index is -1.40. The highest BCUT2D eigenvalue weighted by Gasteiger charge is 2.58. The number of benzene rings is 1. The Bertz CT molecular complexity index is 1240. The van der Waals surface area contributed by atoms with Gasteiger partial charge < -0.3 is 0 Å². The van der Waals surface area contributed by atoms with Crippen LogP contribution >= 0.6 is 15.8 Å². The molecular weight excluding hydrogens is 619 g/mol. The molecule has 0 radical (unpaired) electrons. The van der Waals surface area contributed by atoms with E-state index >= 15 is 0 Å². The van der Waals surface area contributed by atoms with Gasteiger partial charge in [0, 0.05) is 0 Å². The van der Waals surface area contributed by atoms with Gasteiger partial charge in [-0.15, -0.1) is 0 Å². The summed E-state index contributed by atoms with van der Waals surface area (Å²) in [5.41, 5.74) is 5.19. The smallest absolute Gasteiger partial charge is 0.0776 e. The van der Waals surface area contributed by atoms with Crippen LogP contribution in [-0.2, 0) is 6.16 Å². The van der Waals surface area contributed by atoms with Gasteiger partial charge in [-0.05, 0) is 206 Å². The van der Waals surface area contributed by atoms with Crippen molar-refractivity contribution in [3.05, 3.63) is 23.8 Å². The summed E-state index contributed by atoms with van der Waals surface area (Å²) in [7, 11) is -1.55. The summed E-state index contributed by atoms with van der Waals surface area (Å²) < 4.78 is 0. The van der Waals surface area contributed by atoms with Crippen LogP contribution in [-0.4, -0.2) is 30.2 Å². The fraction of sp³-hybridized carbons (Fsp3) is 0.864. The lowest BCUT2D eigenvalue weighted by molar-refractivity contribution is 0.0129. The topological polar surface area (TPSA) is 0 Å². The van der Waals surface area contributed by atoms with Gasteiger partial charge in [-0.3, -0.25) is 0 Å². The Morgan fingerprint density at radius 1 is 0.532 bits per heavy atom. The van der Waals surface area contributed by atoms with Gasteiger partial charge in [0.2, 0.25) is 0 Å². The lowest BCUT2D eigenvalue weighted by Crippen LogP contribution is -2.53. The molecule has 1 aromatic carbocycles. The molecule has 13 rings (SSSR count). The van der Waals surface area contributed by atoms with Crippen molar-refractivity contribution in [2.24, 2.45) is 71.0 Å². The molecule has 0 heterocycles. The zero-order valence-corrected chi connectivity index (χ0v) is 33.9. The first-order chi connectivity index (χ1) is 22.4. The Hall–Kier alpha value is 0.297. The molecule has 0 nitrogen and oxygen atoms in total. The second-order valence-corrected chi connectivity index (χ2v) is 32.8. The van der Waals surface area contributed by atoms with Crippen molar-refractivity contribution in [3.8, 4) is 0 Å². The molecule has 12 aliphatic rings. The summed E-state index contributed by atoms with van der Waals surface area (Å²) >= 11 is 0. The van der Waals surface area contributed by atoms with Crippen molar-refractivity contribution in [2.75, 3.05) is 0 Å². The third kappa shape index (κ3) is 5.43. The Morgan fingerprint density at radius 2 is 0.894 bits per heavy atom. The maximum absolute atomic E-state index is 2.94. The highest BCUT2D eigenvalue weighted by atomic mass is 31.1. The fourth-order valence-electron chi connectivity index (χ4n) is 16.2. The maximum atomic E-state index is 2.94. The molecule has 0 amide bonds. The standard InChI is InChI=1S/C44H68P2Si/c1-44(2,3)46(43-36-20-30-11-31(22-36)23-37(43)21-30)40-8-7-39(47(4,5)6)24-38(40)25-45(41-32-12-26-9-27(14-32)15-33(41)13-26)42-34-16-28-10-29(18-34)19-35(42)17-28/h7-8,24,26-37,41-43H,9-23,25H2,1-6H3. The summed E-state index contributed by atoms with van der Waals surface area (Å²) in [5, 5.41) is 4.13. The first kappa shape index (κ1) is 32.0. The summed E-state index contributed by atoms with van der Waals surface area (Å²) in [5.74, 6) is 13.1. The Morgan fingerprint density at radius 3 is 1.23 bits per heavy atom. The third-order valence-electron chi connectivity index (χ3n) is 16.9. The van der Waals surface area contributed by atoms with Gasteiger partial charge in [0.15, 0.2) is 0 Å². The van der Waals surface area contributed by atoms with Crippen LogP contribution in [0.15, 0.2) is 18.2 Å². The summed E-state index contributed by atoms with van der Waals surface area (Å²) in [4.78, 5) is 0. The van der Waals surface area contributed by atoms with Crippen molar-refractivity contribution in [3.63, 3.8) is 0 Å². The largest absolute Gasteiger partial charge is 0.0947 e. The monoisotopic (exact) mass is 686 g/mol. The van der Waals surface area contributed by atoms with Gasteiger partial charge in [0.05, 0.1) is 8.07 Å². The van der Waals surface area contributed by atoms with E-state index in [1.54, 1.807) is 101 Å². The molecular formula is C44H68P2Si. The van der Waals surface area contributed by atoms with E-state index in [1.165, 1.54) is 6.16 Å². The maximum Gasteiger partial charge on any atom is 0.0776 e. The number of hydrogen-bond acceptors (Lipinski definition) is 0. The highest BCUT2D eigenvalue weighted by Crippen LogP contribution is 2.73. The molecule has 0 saturated heterocycles. The molecule has 12 fully saturated rings. The third-order valence-corrected chi connectivity index (χ3v) is 26.7. The van der Waals surface area contributed by atoms with Crippen molar-refractivity contribution in [1.82, 2.24) is 0 Å². The zero-order chi connectivity index (χ0) is 32.0. The van der Waals surface area contributed by atoms with Crippen molar-refractivity contribution < 1.29 is 0 Å². The Kier molecular flexibility index (Phi) is 7.76. The average Bonchev–Trinajstić information content (AvgIpc) is 2.96. The molecule has 0 aliphatic heterocycles. The predicted octanol–water partition coefficient (Wildman–Crippen LogP) is 11.6. The summed E-state index contributed by atoms with van der Waals surface area (Å²) in [6.07, 6.45) is 25.8. The number of hydrogen-bond donors (Lipinski definition) is 0. The van der Waals surface area contributed by atoms with Crippen LogP contribution in [0.25, 0.3) is 0 Å². The van der Waals surface area contributed by atoms with E-state index in [-0.39, 0.29) is 15.8 Å². The first-order valence-electron chi connectivity index (χ1n) is 21.1. The van der Waals surface area contributed by atoms with E-state index < -0.39 is 8.07 Å². The lowest BCUT2D eigenvalue weighted by atomic mass is 9.55. The minimum absolute atomic E-state index is 0.0346. The molecule has 0 aromatic heterocycles. The van der Waals surface area contributed by atoms with E-state index in [1.807, 2.05) is 10.9 Å². The molecule has 12 bridgehead atoms. The Labute approximate surface area is 293 Å². The predicted molar refractivity (Wildman–Crippen MR) is 209 cm³/mol. The van der Waals surface area contributed by atoms with E-state index in [0.717, 1.165) is 88.0 Å². The lowest BCUT2D eigenvalue weighted by Gasteiger charge is -2.62. The SMILES string of the molecule is CC(C)(C)P(c1ccc([Si](C)(C)C)cc1CP(C1C2CC3CC(C2)CC1C3)C1C2CC3CC(C2)CC1C3)C1C2CC3CC(C2)CC1C3. The minimum Gasteiger partial charge on any atom is -0.0947 e. The fourth-order valence-corrected chi connectivity index (χ4v) is 26.1. The Balaban J connectivity index is 1.08. The van der Waals surface area contributed by atoms with Gasteiger partial charge in [-0.2, -0.15) is 0 Å². The van der Waals surface area contributed by atoms with Crippen molar-refractivity contribution >= 4 is 34.4 Å². The van der Waals surface area contributed by atoms with Crippen LogP contribution in [0.4, 0.5) is 0 Å². The van der Waals surface area contributed by atoms with E-state index in [2.05, 4.69) is 58.6 Å². The van der Waals surface area contributed by atoms with Gasteiger partial charge in [-0.1, -0.05) is 79.6 Å². The molecule has 3 heteroatoms. The normalized spacial score (nSPS) is 48.8. The molecule has 47 heavy (non-hydrogen) atoms. The van der Waals surface area contributed by atoms with Crippen LogP contribution in [0.2, 0.25) is 19.6 Å². The quantitative estimate of drug-likeness (QED) is 0.198. The molecule has 1 atom stereocenters. The zero-order valence-electron chi connectivity index (χ0n) is 31.1. The van der Waals surface area contributed by atoms with Crippen molar-refractivity contribution in [1.29, 1.82) is 0 Å². The summed E-state index contributed by atoms with van der Waals surface area (Å²) in [6.45, 7) is 16.0. The molecule has 0 spiro atoms. The second kappa shape index (κ2) is 11.4. The van der Waals surface area contributed by atoms with E-state index in [4.69, 9.17) is 0 Å². The van der Waals surface area contributed by atoms with Crippen molar-refractivity contribution in [2.45, 2.75) is 165 Å². The van der Waals surface area contributed by atoms with E-state index in [0.29, 0.717) is 5.16 Å². The van der Waals surface area contributed by atoms with Crippen LogP contribution in [0.5, 0.6) is 0 Å². The van der Waals surface area contributed by atoms with Crippen LogP contribution < -0.4 is 10.5 Å². The first-order valence-corrected chi connectivity index (χ1v) is 27.7. The van der Waals surface area contributed by atoms with E-state index in [9.17, 15) is 0 Å². The van der Waals surface area contributed by atoms with Gasteiger partial charge in [-0.25, -0.2) is 0 Å². The number of rotatable bonds is 7. The van der Waals surface area contributed by atoms with Gasteiger partial charge in [0.25, 0.3) is 0 Å². The van der Waals surface area contributed by atoms with Crippen LogP contribution in [0.3, 0.4) is 0 Å². The average molecular weight is 687 g/mol. The second-order valence-electron chi connectivity index (χ2n) is 22.1. The highest BCUT2D eigenvalue weighted by molar-refractivity contribution is 7.68. The van der Waals surface area contributed by atoms with Gasteiger partial charge >= 0.3 is 0 Å². The molecule has 12 saturated carbocycles. The molecule has 12 aliphatic carbocycles. The van der Waals surface area contributed by atoms with Crippen LogP contribution in [0.1, 0.15) is 123 Å². The molecule has 1 aromatic rings. The van der Waals surface area contributed by atoms with Gasteiger partial charge in [0.1, 0.15) is 0 Å². The molecule has 258 valence electrons. The summed E-state index contributed by atoms with van der Waals surface area (Å²) in [6, 6.07) is 8.49. The molecule has 0 N–H and O–H groups in total.